The third-order valence-corrected chi connectivity index (χ3v) is 2.03. The molecule has 14 heavy (non-hydrogen) atoms. The van der Waals surface area contributed by atoms with Crippen LogP contribution in [0.2, 0.25) is 0 Å². The Bertz CT molecular complexity index is 200. The fraction of sp³-hybridized carbons (Fsp3) is 0.700. The van der Waals surface area contributed by atoms with E-state index in [-0.39, 0.29) is 11.8 Å². The molecule has 0 bridgehead atoms. The summed E-state index contributed by atoms with van der Waals surface area (Å²) in [5, 5.41) is 2.54. The molecule has 0 rings (SSSR count). The highest BCUT2D eigenvalue weighted by Crippen LogP contribution is 1.94. The molecule has 0 aliphatic rings. The van der Waals surface area contributed by atoms with Gasteiger partial charge in [-0.15, -0.1) is 0 Å². The largest absolute Gasteiger partial charge is 0.344 e. The molecule has 0 aliphatic carbocycles. The predicted molar refractivity (Wildman–Crippen MR) is 55.5 cm³/mol. The van der Waals surface area contributed by atoms with Crippen LogP contribution in [0.5, 0.6) is 0 Å². The summed E-state index contributed by atoms with van der Waals surface area (Å²) in [5.74, 6) is -0.276. The summed E-state index contributed by atoms with van der Waals surface area (Å²) in [4.78, 5) is 24.3. The van der Waals surface area contributed by atoms with Gasteiger partial charge in [-0.05, 0) is 20.8 Å². The third-order valence-electron chi connectivity index (χ3n) is 2.03. The number of amides is 2. The van der Waals surface area contributed by atoms with Crippen LogP contribution in [0, 0.1) is 6.92 Å². The van der Waals surface area contributed by atoms with E-state index in [0.29, 0.717) is 19.5 Å². The summed E-state index contributed by atoms with van der Waals surface area (Å²) in [6.45, 7) is 10.4. The van der Waals surface area contributed by atoms with Gasteiger partial charge >= 0.3 is 0 Å². The molecule has 0 aromatic carbocycles. The van der Waals surface area contributed by atoms with Gasteiger partial charge < -0.3 is 10.2 Å². The Morgan fingerprint density at radius 3 is 2.14 bits per heavy atom. The Kier molecular flexibility index (Phi) is 5.92. The number of nitrogens with one attached hydrogen (secondary N) is 1. The molecule has 1 atom stereocenters. The summed E-state index contributed by atoms with van der Waals surface area (Å²) in [6.07, 6.45) is 0.373. The predicted octanol–water partition coefficient (Wildman–Crippen LogP) is 0.584. The molecule has 0 saturated carbocycles. The number of carbonyl (C=O) groups excluding carboxylic acids is 2. The van der Waals surface area contributed by atoms with Gasteiger partial charge in [-0.1, -0.05) is 6.92 Å². The summed E-state index contributed by atoms with van der Waals surface area (Å²) in [6, 6.07) is -0.664. The maximum absolute atomic E-state index is 11.6. The van der Waals surface area contributed by atoms with E-state index < -0.39 is 6.04 Å². The topological polar surface area (TPSA) is 49.4 Å². The zero-order valence-electron chi connectivity index (χ0n) is 9.17. The van der Waals surface area contributed by atoms with Crippen molar-refractivity contribution < 1.29 is 9.59 Å². The van der Waals surface area contributed by atoms with E-state index in [1.54, 1.807) is 11.8 Å². The number of nitrogens with zero attached hydrogens (tertiary/aromatic N) is 1. The highest BCUT2D eigenvalue weighted by atomic mass is 16.2. The van der Waals surface area contributed by atoms with E-state index in [1.165, 1.54) is 0 Å². The average Bonchev–Trinajstić information content (AvgIpc) is 2.19. The molecule has 0 heterocycles. The van der Waals surface area contributed by atoms with Gasteiger partial charge in [0.25, 0.3) is 0 Å². The van der Waals surface area contributed by atoms with Crippen LogP contribution >= 0.6 is 0 Å². The third kappa shape index (κ3) is 3.77. The van der Waals surface area contributed by atoms with Crippen molar-refractivity contribution in [3.63, 3.8) is 0 Å². The number of hydrogen-bond acceptors (Lipinski definition) is 2. The number of carbonyl (C=O) groups is 2. The lowest BCUT2D eigenvalue weighted by atomic mass is 10.2. The van der Waals surface area contributed by atoms with Crippen LogP contribution in [0.15, 0.2) is 0 Å². The molecule has 81 valence electrons. The fourth-order valence-corrected chi connectivity index (χ4v) is 1.11. The highest BCUT2D eigenvalue weighted by molar-refractivity contribution is 5.88. The second kappa shape index (κ2) is 6.40. The van der Waals surface area contributed by atoms with Crippen LogP contribution in [0.1, 0.15) is 27.2 Å². The zero-order chi connectivity index (χ0) is 11.1. The minimum Gasteiger partial charge on any atom is -0.344 e. The van der Waals surface area contributed by atoms with Crippen molar-refractivity contribution in [2.24, 2.45) is 0 Å². The second-order valence-corrected chi connectivity index (χ2v) is 2.98. The molecule has 0 aromatic heterocycles. The first kappa shape index (κ1) is 12.9. The van der Waals surface area contributed by atoms with Crippen LogP contribution in [-0.2, 0) is 9.59 Å². The molecule has 4 nitrogen and oxygen atoms in total. The minimum atomic E-state index is -0.664. The van der Waals surface area contributed by atoms with Crippen molar-refractivity contribution in [3.05, 3.63) is 6.92 Å². The molecule has 0 aliphatic heterocycles. The molecule has 0 saturated heterocycles. The number of rotatable bonds is 5. The lowest BCUT2D eigenvalue weighted by Crippen LogP contribution is -2.46. The Balaban J connectivity index is 4.16. The van der Waals surface area contributed by atoms with E-state index >= 15 is 0 Å². The van der Waals surface area contributed by atoms with Gasteiger partial charge in [-0.2, -0.15) is 0 Å². The standard InChI is InChI=1S/C10H19N2O2/c1-5-9(13)11-8(4)10(14)12(6-2)7-3/h8H,4-7H2,1-3H3,(H,11,13)/t8-/m1/s1. The lowest BCUT2D eigenvalue weighted by molar-refractivity contribution is -0.134. The van der Waals surface area contributed by atoms with Crippen LogP contribution in [0.25, 0.3) is 0 Å². The number of likely N-dealkylation sites (N-methyl/N-ethyl adjacent to an activating group) is 1. The van der Waals surface area contributed by atoms with Crippen molar-refractivity contribution in [1.29, 1.82) is 0 Å². The molecular weight excluding hydrogens is 180 g/mol. The summed E-state index contributed by atoms with van der Waals surface area (Å²) < 4.78 is 0. The first-order valence-corrected chi connectivity index (χ1v) is 4.97. The maximum atomic E-state index is 11.6. The van der Waals surface area contributed by atoms with Crippen molar-refractivity contribution in [1.82, 2.24) is 10.2 Å². The van der Waals surface area contributed by atoms with Gasteiger partial charge in [-0.3, -0.25) is 9.59 Å². The molecule has 0 spiro atoms. The van der Waals surface area contributed by atoms with E-state index in [9.17, 15) is 9.59 Å². The van der Waals surface area contributed by atoms with Crippen molar-refractivity contribution in [3.8, 4) is 0 Å². The summed E-state index contributed by atoms with van der Waals surface area (Å²) >= 11 is 0. The fourth-order valence-electron chi connectivity index (χ4n) is 1.11. The maximum Gasteiger partial charge on any atom is 0.245 e. The highest BCUT2D eigenvalue weighted by Gasteiger charge is 2.18. The summed E-state index contributed by atoms with van der Waals surface area (Å²) in [5.41, 5.74) is 0. The zero-order valence-corrected chi connectivity index (χ0v) is 9.17. The smallest absolute Gasteiger partial charge is 0.245 e. The van der Waals surface area contributed by atoms with Crippen LogP contribution in [-0.4, -0.2) is 35.8 Å². The van der Waals surface area contributed by atoms with E-state index in [4.69, 9.17) is 0 Å². The van der Waals surface area contributed by atoms with Gasteiger partial charge in [0.1, 0.15) is 6.04 Å². The average molecular weight is 199 g/mol. The van der Waals surface area contributed by atoms with Crippen LogP contribution in [0.3, 0.4) is 0 Å². The molecule has 1 N–H and O–H groups in total. The Labute approximate surface area is 85.7 Å². The Morgan fingerprint density at radius 1 is 1.29 bits per heavy atom. The van der Waals surface area contributed by atoms with Crippen LogP contribution < -0.4 is 5.32 Å². The van der Waals surface area contributed by atoms with Gasteiger partial charge in [0.15, 0.2) is 0 Å². The van der Waals surface area contributed by atoms with Crippen molar-refractivity contribution in [2.75, 3.05) is 13.1 Å². The SMILES string of the molecule is [CH2][C@@H](NC(=O)CC)C(=O)N(CC)CC. The molecule has 0 unspecified atom stereocenters. The van der Waals surface area contributed by atoms with Crippen molar-refractivity contribution in [2.45, 2.75) is 33.2 Å². The lowest BCUT2D eigenvalue weighted by Gasteiger charge is -2.23. The molecule has 0 fully saturated rings. The number of hydrogen-bond donors (Lipinski definition) is 1. The van der Waals surface area contributed by atoms with Gasteiger partial charge in [-0.25, -0.2) is 0 Å². The quantitative estimate of drug-likeness (QED) is 0.704. The summed E-state index contributed by atoms with van der Waals surface area (Å²) in [7, 11) is 0. The molecule has 4 heteroatoms. The van der Waals surface area contributed by atoms with E-state index in [2.05, 4.69) is 12.2 Å². The van der Waals surface area contributed by atoms with Gasteiger partial charge in [0.2, 0.25) is 11.8 Å². The molecule has 2 amide bonds. The normalized spacial score (nSPS) is 12.0. The first-order chi connectivity index (χ1) is 6.56. The van der Waals surface area contributed by atoms with E-state index in [1.807, 2.05) is 13.8 Å². The Morgan fingerprint density at radius 2 is 1.79 bits per heavy atom. The molecule has 0 aromatic rings. The Hall–Kier alpha value is -1.06. The first-order valence-electron chi connectivity index (χ1n) is 4.97. The van der Waals surface area contributed by atoms with E-state index in [0.717, 1.165) is 0 Å². The van der Waals surface area contributed by atoms with Crippen molar-refractivity contribution >= 4 is 11.8 Å². The molecule has 1 radical (unpaired) electrons. The molecular formula is C10H19N2O2. The van der Waals surface area contributed by atoms with Gasteiger partial charge in [0, 0.05) is 19.5 Å². The van der Waals surface area contributed by atoms with Gasteiger partial charge in [0.05, 0.1) is 0 Å². The van der Waals surface area contributed by atoms with Crippen LogP contribution in [0.4, 0.5) is 0 Å². The second-order valence-electron chi connectivity index (χ2n) is 2.98. The minimum absolute atomic E-state index is 0.128. The monoisotopic (exact) mass is 199 g/mol.